The van der Waals surface area contributed by atoms with Crippen molar-refractivity contribution >= 4 is 11.6 Å². The quantitative estimate of drug-likeness (QED) is 0.858. The van der Waals surface area contributed by atoms with Crippen LogP contribution in [0, 0.1) is 12.8 Å². The number of nitrogens with one attached hydrogen (secondary N) is 1. The van der Waals surface area contributed by atoms with Crippen LogP contribution in [0.4, 0.5) is 5.69 Å². The van der Waals surface area contributed by atoms with Gasteiger partial charge in [-0.15, -0.1) is 0 Å². The minimum Gasteiger partial charge on any atom is -0.385 e. The van der Waals surface area contributed by atoms with E-state index < -0.39 is 0 Å². The smallest absolute Gasteiger partial charge is 0.255 e. The molecule has 0 spiro atoms. The molecule has 0 aromatic heterocycles. The summed E-state index contributed by atoms with van der Waals surface area (Å²) in [4.78, 5) is 14.7. The fraction of sp³-hybridized carbons (Fsp3) is 0.588. The van der Waals surface area contributed by atoms with E-state index in [0.717, 1.165) is 30.9 Å². The summed E-state index contributed by atoms with van der Waals surface area (Å²) >= 11 is 0. The maximum atomic E-state index is 12.7. The van der Waals surface area contributed by atoms with Crippen LogP contribution >= 0.6 is 0 Å². The third-order valence-electron chi connectivity index (χ3n) is 4.14. The van der Waals surface area contributed by atoms with Gasteiger partial charge in [0.1, 0.15) is 0 Å². The van der Waals surface area contributed by atoms with Gasteiger partial charge < -0.3 is 10.2 Å². The first-order valence-electron chi connectivity index (χ1n) is 7.79. The summed E-state index contributed by atoms with van der Waals surface area (Å²) in [6, 6.07) is 6.04. The van der Waals surface area contributed by atoms with Crippen LogP contribution in [-0.4, -0.2) is 30.4 Å². The molecular formula is C17H26N2O. The maximum absolute atomic E-state index is 12.7. The zero-order valence-electron chi connectivity index (χ0n) is 12.9. The van der Waals surface area contributed by atoms with Gasteiger partial charge in [0.15, 0.2) is 0 Å². The van der Waals surface area contributed by atoms with E-state index in [9.17, 15) is 4.79 Å². The van der Waals surface area contributed by atoms with E-state index in [1.807, 2.05) is 17.0 Å². The average Bonchev–Trinajstić information content (AvgIpc) is 2.38. The fourth-order valence-corrected chi connectivity index (χ4v) is 2.69. The van der Waals surface area contributed by atoms with E-state index in [1.165, 1.54) is 24.8 Å². The van der Waals surface area contributed by atoms with Crippen LogP contribution in [0.2, 0.25) is 0 Å². The lowest BCUT2D eigenvalue weighted by Gasteiger charge is -2.32. The molecule has 0 saturated heterocycles. The van der Waals surface area contributed by atoms with E-state index in [4.69, 9.17) is 0 Å². The van der Waals surface area contributed by atoms with Gasteiger partial charge in [-0.3, -0.25) is 4.79 Å². The molecule has 1 aliphatic rings. The molecule has 2 rings (SSSR count). The number of nitrogens with zero attached hydrogens (tertiary/aromatic N) is 1. The van der Waals surface area contributed by atoms with E-state index >= 15 is 0 Å². The predicted molar refractivity (Wildman–Crippen MR) is 84.3 cm³/mol. The fourth-order valence-electron chi connectivity index (χ4n) is 2.69. The number of hydrogen-bond donors (Lipinski definition) is 1. The molecule has 110 valence electrons. The summed E-state index contributed by atoms with van der Waals surface area (Å²) in [5.74, 6) is 0.877. The van der Waals surface area contributed by atoms with Gasteiger partial charge in [-0.05, 0) is 57.2 Å². The first kappa shape index (κ1) is 14.9. The topological polar surface area (TPSA) is 32.3 Å². The Morgan fingerprint density at radius 2 is 2.10 bits per heavy atom. The molecule has 0 atom stereocenters. The summed E-state index contributed by atoms with van der Waals surface area (Å²) < 4.78 is 0. The van der Waals surface area contributed by atoms with Crippen molar-refractivity contribution in [3.63, 3.8) is 0 Å². The Morgan fingerprint density at radius 1 is 1.35 bits per heavy atom. The number of benzene rings is 1. The van der Waals surface area contributed by atoms with Crippen LogP contribution < -0.4 is 5.32 Å². The Kier molecular flexibility index (Phi) is 5.05. The molecule has 1 fully saturated rings. The molecule has 0 unspecified atom stereocenters. The second kappa shape index (κ2) is 6.78. The standard InChI is InChI=1S/C17H26N2O/c1-4-18-16-11-13(3)9-10-15(16)17(20)19(5-2)12-14-7-6-8-14/h9-11,14,18H,4-8,12H2,1-3H3. The van der Waals surface area contributed by atoms with Gasteiger partial charge in [-0.2, -0.15) is 0 Å². The van der Waals surface area contributed by atoms with Crippen molar-refractivity contribution in [2.45, 2.75) is 40.0 Å². The number of aryl methyl sites for hydroxylation is 1. The van der Waals surface area contributed by atoms with E-state index in [-0.39, 0.29) is 5.91 Å². The molecule has 3 nitrogen and oxygen atoms in total. The number of rotatable bonds is 6. The Balaban J connectivity index is 2.16. The summed E-state index contributed by atoms with van der Waals surface area (Å²) in [6.07, 6.45) is 3.87. The molecular weight excluding hydrogens is 248 g/mol. The predicted octanol–water partition coefficient (Wildman–Crippen LogP) is 3.69. The van der Waals surface area contributed by atoms with Crippen LogP contribution in [0.15, 0.2) is 18.2 Å². The largest absolute Gasteiger partial charge is 0.385 e. The first-order chi connectivity index (χ1) is 9.65. The van der Waals surface area contributed by atoms with Gasteiger partial charge in [0.2, 0.25) is 0 Å². The van der Waals surface area contributed by atoms with Crippen molar-refractivity contribution < 1.29 is 4.79 Å². The molecule has 1 amide bonds. The van der Waals surface area contributed by atoms with Crippen molar-refractivity contribution in [2.75, 3.05) is 25.0 Å². The lowest BCUT2D eigenvalue weighted by molar-refractivity contribution is 0.0707. The highest BCUT2D eigenvalue weighted by Crippen LogP contribution is 2.28. The van der Waals surface area contributed by atoms with Crippen molar-refractivity contribution in [3.05, 3.63) is 29.3 Å². The normalized spacial score (nSPS) is 14.8. The van der Waals surface area contributed by atoms with Crippen molar-refractivity contribution in [1.82, 2.24) is 4.90 Å². The van der Waals surface area contributed by atoms with Crippen molar-refractivity contribution in [1.29, 1.82) is 0 Å². The zero-order chi connectivity index (χ0) is 14.5. The maximum Gasteiger partial charge on any atom is 0.255 e. The van der Waals surface area contributed by atoms with E-state index in [0.29, 0.717) is 5.92 Å². The van der Waals surface area contributed by atoms with E-state index in [1.54, 1.807) is 0 Å². The van der Waals surface area contributed by atoms with Crippen LogP contribution in [0.1, 0.15) is 49.0 Å². The van der Waals surface area contributed by atoms with Gasteiger partial charge in [0.25, 0.3) is 5.91 Å². The van der Waals surface area contributed by atoms with Gasteiger partial charge in [0, 0.05) is 25.3 Å². The highest BCUT2D eigenvalue weighted by molar-refractivity contribution is 5.99. The lowest BCUT2D eigenvalue weighted by atomic mass is 9.85. The number of hydrogen-bond acceptors (Lipinski definition) is 2. The third-order valence-corrected chi connectivity index (χ3v) is 4.14. The molecule has 1 aromatic rings. The summed E-state index contributed by atoms with van der Waals surface area (Å²) in [7, 11) is 0. The molecule has 0 heterocycles. The molecule has 1 aliphatic carbocycles. The SMILES string of the molecule is CCNc1cc(C)ccc1C(=O)N(CC)CC1CCC1. The van der Waals surface area contributed by atoms with Gasteiger partial charge in [0.05, 0.1) is 5.56 Å². The minimum atomic E-state index is 0.162. The highest BCUT2D eigenvalue weighted by atomic mass is 16.2. The lowest BCUT2D eigenvalue weighted by Crippen LogP contribution is -2.37. The molecule has 1 aromatic carbocycles. The van der Waals surface area contributed by atoms with Crippen LogP contribution in [0.5, 0.6) is 0 Å². The summed E-state index contributed by atoms with van der Waals surface area (Å²) in [5.41, 5.74) is 2.95. The van der Waals surface area contributed by atoms with Crippen LogP contribution in [0.3, 0.4) is 0 Å². The second-order valence-corrected chi connectivity index (χ2v) is 5.72. The molecule has 0 bridgehead atoms. The second-order valence-electron chi connectivity index (χ2n) is 5.72. The number of anilines is 1. The Labute approximate surface area is 122 Å². The van der Waals surface area contributed by atoms with E-state index in [2.05, 4.69) is 32.2 Å². The first-order valence-corrected chi connectivity index (χ1v) is 7.79. The Morgan fingerprint density at radius 3 is 2.65 bits per heavy atom. The summed E-state index contributed by atoms with van der Waals surface area (Å²) in [6.45, 7) is 8.71. The van der Waals surface area contributed by atoms with Crippen molar-refractivity contribution in [2.24, 2.45) is 5.92 Å². The van der Waals surface area contributed by atoms with Gasteiger partial charge >= 0.3 is 0 Å². The Hall–Kier alpha value is -1.51. The molecule has 1 N–H and O–H groups in total. The summed E-state index contributed by atoms with van der Waals surface area (Å²) in [5, 5.41) is 3.31. The number of carbonyl (C=O) groups excluding carboxylic acids is 1. The minimum absolute atomic E-state index is 0.162. The zero-order valence-corrected chi connectivity index (χ0v) is 12.9. The van der Waals surface area contributed by atoms with Crippen molar-refractivity contribution in [3.8, 4) is 0 Å². The molecule has 1 saturated carbocycles. The monoisotopic (exact) mass is 274 g/mol. The van der Waals surface area contributed by atoms with Gasteiger partial charge in [-0.25, -0.2) is 0 Å². The van der Waals surface area contributed by atoms with Crippen LogP contribution in [0.25, 0.3) is 0 Å². The third kappa shape index (κ3) is 3.33. The molecule has 3 heteroatoms. The Bertz CT molecular complexity index is 466. The van der Waals surface area contributed by atoms with Gasteiger partial charge in [-0.1, -0.05) is 12.5 Å². The molecule has 0 radical (unpaired) electrons. The number of amides is 1. The molecule has 20 heavy (non-hydrogen) atoms. The van der Waals surface area contributed by atoms with Crippen LogP contribution in [-0.2, 0) is 0 Å². The number of carbonyl (C=O) groups is 1. The molecule has 0 aliphatic heterocycles. The highest BCUT2D eigenvalue weighted by Gasteiger charge is 2.24. The average molecular weight is 274 g/mol.